The maximum absolute atomic E-state index is 13.9. The minimum atomic E-state index is -0.504. The van der Waals surface area contributed by atoms with Gasteiger partial charge >= 0.3 is 0 Å². The van der Waals surface area contributed by atoms with Gasteiger partial charge in [-0.05, 0) is 62.7 Å². The van der Waals surface area contributed by atoms with E-state index in [9.17, 15) is 9.59 Å². The second kappa shape index (κ2) is 11.1. The molecule has 1 amide bonds. The third kappa shape index (κ3) is 4.82. The van der Waals surface area contributed by atoms with Gasteiger partial charge in [-0.1, -0.05) is 37.3 Å². The van der Waals surface area contributed by atoms with Crippen molar-refractivity contribution in [1.82, 2.24) is 14.5 Å². The predicted octanol–water partition coefficient (Wildman–Crippen LogP) is 5.41. The van der Waals surface area contributed by atoms with Crippen molar-refractivity contribution in [2.75, 3.05) is 20.3 Å². The topological polar surface area (TPSA) is 73.7 Å². The lowest BCUT2D eigenvalue weighted by atomic mass is 10.1. The summed E-state index contributed by atoms with van der Waals surface area (Å²) in [5.41, 5.74) is 1.48. The summed E-state index contributed by atoms with van der Waals surface area (Å²) in [6.45, 7) is 6.77. The number of fused-ring (bicyclic) bond motifs is 1. The predicted molar refractivity (Wildman–Crippen MR) is 141 cm³/mol. The van der Waals surface area contributed by atoms with Crippen LogP contribution in [0.5, 0.6) is 11.5 Å². The lowest BCUT2D eigenvalue weighted by Gasteiger charge is -2.30. The number of carbonyl (C=O) groups is 1. The fourth-order valence-corrected chi connectivity index (χ4v) is 4.36. The van der Waals surface area contributed by atoms with E-state index >= 15 is 0 Å². The zero-order valence-corrected chi connectivity index (χ0v) is 21.1. The van der Waals surface area contributed by atoms with E-state index in [1.807, 2.05) is 63.2 Å². The van der Waals surface area contributed by atoms with Crippen molar-refractivity contribution in [1.29, 1.82) is 0 Å². The molecule has 0 aliphatic heterocycles. The van der Waals surface area contributed by atoms with Crippen molar-refractivity contribution in [3.05, 3.63) is 94.5 Å². The number of aromatic nitrogens is 2. The Kier molecular flexibility index (Phi) is 7.68. The van der Waals surface area contributed by atoms with E-state index in [-0.39, 0.29) is 11.5 Å². The number of hydrogen-bond acceptors (Lipinski definition) is 5. The highest BCUT2D eigenvalue weighted by Crippen LogP contribution is 2.29. The summed E-state index contributed by atoms with van der Waals surface area (Å²) in [6.07, 6.45) is 0.743. The summed E-state index contributed by atoms with van der Waals surface area (Å²) in [5.74, 6) is 1.50. The first-order chi connectivity index (χ1) is 17.5. The van der Waals surface area contributed by atoms with Crippen LogP contribution in [0.4, 0.5) is 0 Å². The molecule has 1 heterocycles. The third-order valence-electron chi connectivity index (χ3n) is 6.09. The average Bonchev–Trinajstić information content (AvgIpc) is 2.91. The zero-order chi connectivity index (χ0) is 25.7. The molecule has 1 atom stereocenters. The lowest BCUT2D eigenvalue weighted by Crippen LogP contribution is -2.38. The van der Waals surface area contributed by atoms with Crippen LogP contribution in [-0.2, 0) is 0 Å². The Balaban J connectivity index is 1.92. The van der Waals surface area contributed by atoms with E-state index < -0.39 is 6.04 Å². The van der Waals surface area contributed by atoms with E-state index in [1.165, 1.54) is 0 Å². The molecule has 4 rings (SSSR count). The van der Waals surface area contributed by atoms with Gasteiger partial charge in [0, 0.05) is 12.1 Å². The van der Waals surface area contributed by atoms with Gasteiger partial charge in [-0.3, -0.25) is 14.2 Å². The van der Waals surface area contributed by atoms with Crippen molar-refractivity contribution in [2.24, 2.45) is 0 Å². The minimum absolute atomic E-state index is 0.157. The Hall–Kier alpha value is -4.13. The quantitative estimate of drug-likeness (QED) is 0.317. The van der Waals surface area contributed by atoms with Crippen molar-refractivity contribution in [2.45, 2.75) is 33.2 Å². The number of ether oxygens (including phenoxy) is 2. The van der Waals surface area contributed by atoms with Gasteiger partial charge in [0.2, 0.25) is 0 Å². The molecule has 0 spiro atoms. The minimum Gasteiger partial charge on any atom is -0.497 e. The highest BCUT2D eigenvalue weighted by atomic mass is 16.5. The van der Waals surface area contributed by atoms with E-state index in [2.05, 4.69) is 0 Å². The maximum Gasteiger partial charge on any atom is 0.266 e. The number of hydrogen-bond donors (Lipinski definition) is 0. The Morgan fingerprint density at radius 3 is 2.53 bits per heavy atom. The first-order valence-electron chi connectivity index (χ1n) is 12.2. The molecule has 0 N–H and O–H groups in total. The van der Waals surface area contributed by atoms with Gasteiger partial charge in [0.15, 0.2) is 0 Å². The van der Waals surface area contributed by atoms with Crippen molar-refractivity contribution >= 4 is 16.8 Å². The third-order valence-corrected chi connectivity index (χ3v) is 6.09. The van der Waals surface area contributed by atoms with Crippen LogP contribution in [0.25, 0.3) is 16.6 Å². The Bertz CT molecular complexity index is 1430. The second-order valence-electron chi connectivity index (χ2n) is 8.43. The van der Waals surface area contributed by atoms with Gasteiger partial charge in [-0.15, -0.1) is 0 Å². The molecule has 1 unspecified atom stereocenters. The maximum atomic E-state index is 13.9. The number of amides is 1. The first kappa shape index (κ1) is 25.0. The molecule has 1 aromatic heterocycles. The Labute approximate surface area is 210 Å². The molecule has 36 heavy (non-hydrogen) atoms. The van der Waals surface area contributed by atoms with E-state index in [1.54, 1.807) is 46.9 Å². The summed E-state index contributed by atoms with van der Waals surface area (Å²) >= 11 is 0. The largest absolute Gasteiger partial charge is 0.497 e. The summed E-state index contributed by atoms with van der Waals surface area (Å²) in [5, 5.41) is 0.501. The van der Waals surface area contributed by atoms with Crippen LogP contribution in [0.2, 0.25) is 0 Å². The highest BCUT2D eigenvalue weighted by Gasteiger charge is 2.28. The van der Waals surface area contributed by atoms with Crippen molar-refractivity contribution < 1.29 is 14.3 Å². The van der Waals surface area contributed by atoms with E-state index in [4.69, 9.17) is 14.5 Å². The fraction of sp³-hybridized carbons (Fsp3) is 0.276. The van der Waals surface area contributed by atoms with Crippen LogP contribution >= 0.6 is 0 Å². The molecule has 3 aromatic carbocycles. The molecule has 7 nitrogen and oxygen atoms in total. The molecule has 0 fully saturated rings. The molecule has 186 valence electrons. The summed E-state index contributed by atoms with van der Waals surface area (Å²) in [6, 6.07) is 21.3. The van der Waals surface area contributed by atoms with E-state index in [0.29, 0.717) is 52.6 Å². The molecule has 0 radical (unpaired) electrons. The molecular weight excluding hydrogens is 454 g/mol. The Morgan fingerprint density at radius 1 is 1.03 bits per heavy atom. The number of nitrogens with zero attached hydrogens (tertiary/aromatic N) is 3. The summed E-state index contributed by atoms with van der Waals surface area (Å²) in [7, 11) is 1.57. The summed E-state index contributed by atoms with van der Waals surface area (Å²) in [4.78, 5) is 34.2. The SMILES string of the molecule is CCCN(C(=O)c1cccc(OC)c1)C(C)c1nc2ccccc2c(=O)n1-c1ccccc1OCC. The van der Waals surface area contributed by atoms with Crippen LogP contribution in [0.3, 0.4) is 0 Å². The van der Waals surface area contributed by atoms with Gasteiger partial charge in [0.25, 0.3) is 11.5 Å². The molecule has 0 saturated heterocycles. The first-order valence-corrected chi connectivity index (χ1v) is 12.2. The van der Waals surface area contributed by atoms with Crippen molar-refractivity contribution in [3.8, 4) is 17.2 Å². The van der Waals surface area contributed by atoms with Gasteiger partial charge < -0.3 is 14.4 Å². The van der Waals surface area contributed by atoms with E-state index in [0.717, 1.165) is 6.42 Å². The smallest absolute Gasteiger partial charge is 0.266 e. The molecule has 0 aliphatic rings. The Morgan fingerprint density at radius 2 is 1.78 bits per heavy atom. The molecular formula is C29H31N3O4. The molecule has 4 aromatic rings. The number of benzene rings is 3. The van der Waals surface area contributed by atoms with Crippen LogP contribution in [0.15, 0.2) is 77.6 Å². The van der Waals surface area contributed by atoms with Gasteiger partial charge in [-0.2, -0.15) is 0 Å². The number of methoxy groups -OCH3 is 1. The van der Waals surface area contributed by atoms with Gasteiger partial charge in [0.05, 0.1) is 36.3 Å². The number of rotatable bonds is 9. The van der Waals surface area contributed by atoms with Crippen LogP contribution in [0, 0.1) is 0 Å². The normalized spacial score (nSPS) is 11.8. The summed E-state index contributed by atoms with van der Waals surface area (Å²) < 4.78 is 12.8. The van der Waals surface area contributed by atoms with Crippen LogP contribution in [-0.4, -0.2) is 40.6 Å². The number of para-hydroxylation sites is 3. The molecule has 0 aliphatic carbocycles. The monoisotopic (exact) mass is 485 g/mol. The molecule has 7 heteroatoms. The van der Waals surface area contributed by atoms with Gasteiger partial charge in [0.1, 0.15) is 17.3 Å². The highest BCUT2D eigenvalue weighted by molar-refractivity contribution is 5.95. The molecule has 0 saturated carbocycles. The van der Waals surface area contributed by atoms with Gasteiger partial charge in [-0.25, -0.2) is 4.98 Å². The van der Waals surface area contributed by atoms with Crippen LogP contribution < -0.4 is 15.0 Å². The van der Waals surface area contributed by atoms with Crippen molar-refractivity contribution in [3.63, 3.8) is 0 Å². The van der Waals surface area contributed by atoms with Crippen LogP contribution in [0.1, 0.15) is 49.4 Å². The average molecular weight is 486 g/mol. The lowest BCUT2D eigenvalue weighted by molar-refractivity contribution is 0.0681. The standard InChI is InChI=1S/C29H31N3O4/c1-5-18-31(28(33)21-12-11-13-22(19-21)35-4)20(3)27-30-24-15-8-7-14-23(24)29(34)32(27)25-16-9-10-17-26(25)36-6-2/h7-17,19-20H,5-6,18H2,1-4H3. The number of carbonyl (C=O) groups excluding carboxylic acids is 1. The second-order valence-corrected chi connectivity index (χ2v) is 8.43. The zero-order valence-electron chi connectivity index (χ0n) is 21.1. The molecule has 0 bridgehead atoms. The fourth-order valence-electron chi connectivity index (χ4n) is 4.36.